The number of amides is 3. The van der Waals surface area contributed by atoms with Crippen molar-refractivity contribution >= 4 is 23.6 Å². The minimum atomic E-state index is -0.725. The summed E-state index contributed by atoms with van der Waals surface area (Å²) in [6, 6.07) is 7.76. The first-order chi connectivity index (χ1) is 11.4. The molecule has 1 heterocycles. The molecule has 1 aromatic carbocycles. The van der Waals surface area contributed by atoms with Gasteiger partial charge in [0.25, 0.3) is 0 Å². The van der Waals surface area contributed by atoms with Crippen LogP contribution in [0.5, 0.6) is 0 Å². The number of anilines is 1. The van der Waals surface area contributed by atoms with Crippen LogP contribution in [0.4, 0.5) is 10.5 Å². The average molecular weight is 333 g/mol. The molecular formula is C17H23N3O4. The lowest BCUT2D eigenvalue weighted by molar-refractivity contribution is -0.127. The number of benzene rings is 1. The van der Waals surface area contributed by atoms with E-state index in [1.54, 1.807) is 11.8 Å². The van der Waals surface area contributed by atoms with Gasteiger partial charge in [0, 0.05) is 18.7 Å². The van der Waals surface area contributed by atoms with Crippen LogP contribution in [-0.4, -0.2) is 31.1 Å². The van der Waals surface area contributed by atoms with E-state index in [0.29, 0.717) is 5.92 Å². The summed E-state index contributed by atoms with van der Waals surface area (Å²) < 4.78 is 4.66. The van der Waals surface area contributed by atoms with Crippen LogP contribution in [-0.2, 0) is 14.3 Å². The molecular weight excluding hydrogens is 310 g/mol. The normalized spacial score (nSPS) is 17.1. The van der Waals surface area contributed by atoms with Crippen molar-refractivity contribution in [3.63, 3.8) is 0 Å². The molecule has 0 spiro atoms. The molecule has 7 heteroatoms. The Morgan fingerprint density at radius 1 is 1.33 bits per heavy atom. The Bertz CT molecular complexity index is 630. The van der Waals surface area contributed by atoms with Crippen molar-refractivity contribution in [1.29, 1.82) is 0 Å². The van der Waals surface area contributed by atoms with Crippen molar-refractivity contribution in [2.75, 3.05) is 18.1 Å². The second-order valence-electron chi connectivity index (χ2n) is 5.99. The van der Waals surface area contributed by atoms with E-state index in [9.17, 15) is 14.4 Å². The van der Waals surface area contributed by atoms with Gasteiger partial charge in [-0.3, -0.25) is 15.0 Å². The SMILES string of the molecule is CCOC(=O)NNC(=O)[C@@H]1CC(=O)N(c2cccc(C(C)C)c2)C1. The molecule has 0 aliphatic carbocycles. The van der Waals surface area contributed by atoms with Crippen molar-refractivity contribution in [1.82, 2.24) is 10.9 Å². The van der Waals surface area contributed by atoms with E-state index >= 15 is 0 Å². The Labute approximate surface area is 141 Å². The molecule has 7 nitrogen and oxygen atoms in total. The minimum Gasteiger partial charge on any atom is -0.449 e. The molecule has 1 aliphatic rings. The second kappa shape index (κ2) is 7.81. The van der Waals surface area contributed by atoms with Gasteiger partial charge >= 0.3 is 6.09 Å². The van der Waals surface area contributed by atoms with Gasteiger partial charge < -0.3 is 9.64 Å². The molecule has 1 aliphatic heterocycles. The average Bonchev–Trinajstić information content (AvgIpc) is 2.95. The van der Waals surface area contributed by atoms with E-state index in [1.165, 1.54) is 0 Å². The molecule has 1 atom stereocenters. The second-order valence-corrected chi connectivity index (χ2v) is 5.99. The lowest BCUT2D eigenvalue weighted by atomic mass is 10.0. The third-order valence-corrected chi connectivity index (χ3v) is 3.91. The fourth-order valence-electron chi connectivity index (χ4n) is 2.57. The summed E-state index contributed by atoms with van der Waals surface area (Å²) in [5, 5.41) is 0. The monoisotopic (exact) mass is 333 g/mol. The lowest BCUT2D eigenvalue weighted by Gasteiger charge is -2.18. The quantitative estimate of drug-likeness (QED) is 0.824. The smallest absolute Gasteiger partial charge is 0.426 e. The number of hydrogen-bond donors (Lipinski definition) is 2. The highest BCUT2D eigenvalue weighted by atomic mass is 16.5. The van der Waals surface area contributed by atoms with Crippen LogP contribution in [0.15, 0.2) is 24.3 Å². The zero-order valence-electron chi connectivity index (χ0n) is 14.2. The number of carbonyl (C=O) groups excluding carboxylic acids is 3. The summed E-state index contributed by atoms with van der Waals surface area (Å²) >= 11 is 0. The largest absolute Gasteiger partial charge is 0.449 e. The molecule has 1 aromatic rings. The Kier molecular flexibility index (Phi) is 5.78. The Morgan fingerprint density at radius 3 is 2.75 bits per heavy atom. The van der Waals surface area contributed by atoms with Gasteiger partial charge in [0.2, 0.25) is 11.8 Å². The van der Waals surface area contributed by atoms with Crippen molar-refractivity contribution < 1.29 is 19.1 Å². The summed E-state index contributed by atoms with van der Waals surface area (Å²) in [6.45, 7) is 6.34. The first kappa shape index (κ1) is 17.8. The number of hydrazine groups is 1. The first-order valence-corrected chi connectivity index (χ1v) is 8.05. The molecule has 2 rings (SSSR count). The summed E-state index contributed by atoms with van der Waals surface area (Å²) in [7, 11) is 0. The van der Waals surface area contributed by atoms with Gasteiger partial charge in [-0.1, -0.05) is 26.0 Å². The van der Waals surface area contributed by atoms with Crippen LogP contribution in [0.25, 0.3) is 0 Å². The standard InChI is InChI=1S/C17H23N3O4/c1-4-24-17(23)19-18-16(22)13-9-15(21)20(10-13)14-7-5-6-12(8-14)11(2)3/h5-8,11,13H,4,9-10H2,1-3H3,(H,18,22)(H,19,23)/t13-/m1/s1. The van der Waals surface area contributed by atoms with Crippen LogP contribution in [0, 0.1) is 5.92 Å². The van der Waals surface area contributed by atoms with Crippen LogP contribution in [0.2, 0.25) is 0 Å². The molecule has 0 saturated carbocycles. The number of ether oxygens (including phenoxy) is 1. The van der Waals surface area contributed by atoms with Crippen molar-refractivity contribution in [3.8, 4) is 0 Å². The number of carbonyl (C=O) groups is 3. The van der Waals surface area contributed by atoms with E-state index in [4.69, 9.17) is 0 Å². The van der Waals surface area contributed by atoms with E-state index in [1.807, 2.05) is 24.3 Å². The zero-order valence-corrected chi connectivity index (χ0v) is 14.2. The maximum atomic E-state index is 12.2. The number of hydrogen-bond acceptors (Lipinski definition) is 4. The minimum absolute atomic E-state index is 0.104. The summed E-state index contributed by atoms with van der Waals surface area (Å²) in [6.07, 6.45) is -0.612. The predicted molar refractivity (Wildman–Crippen MR) is 89.3 cm³/mol. The Hall–Kier alpha value is -2.57. The number of nitrogens with one attached hydrogen (secondary N) is 2. The molecule has 130 valence electrons. The van der Waals surface area contributed by atoms with Crippen LogP contribution < -0.4 is 15.8 Å². The van der Waals surface area contributed by atoms with E-state index in [0.717, 1.165) is 11.3 Å². The van der Waals surface area contributed by atoms with Gasteiger partial charge in [0.1, 0.15) is 0 Å². The third kappa shape index (κ3) is 4.24. The summed E-state index contributed by atoms with van der Waals surface area (Å²) in [5.74, 6) is -0.663. The van der Waals surface area contributed by atoms with Crippen LogP contribution in [0.3, 0.4) is 0 Å². The van der Waals surface area contributed by atoms with Gasteiger partial charge in [-0.15, -0.1) is 0 Å². The third-order valence-electron chi connectivity index (χ3n) is 3.91. The fourth-order valence-corrected chi connectivity index (χ4v) is 2.57. The molecule has 24 heavy (non-hydrogen) atoms. The fraction of sp³-hybridized carbons (Fsp3) is 0.471. The van der Waals surface area contributed by atoms with Crippen LogP contribution >= 0.6 is 0 Å². The van der Waals surface area contributed by atoms with Crippen molar-refractivity contribution in [3.05, 3.63) is 29.8 Å². The number of nitrogens with zero attached hydrogens (tertiary/aromatic N) is 1. The van der Waals surface area contributed by atoms with Gasteiger partial charge in [-0.25, -0.2) is 10.2 Å². The van der Waals surface area contributed by atoms with Crippen molar-refractivity contribution in [2.24, 2.45) is 5.92 Å². The van der Waals surface area contributed by atoms with Crippen LogP contribution in [0.1, 0.15) is 38.7 Å². The van der Waals surface area contributed by atoms with Gasteiger partial charge in [-0.2, -0.15) is 0 Å². The molecule has 0 aromatic heterocycles. The molecule has 1 saturated heterocycles. The maximum Gasteiger partial charge on any atom is 0.426 e. The summed E-state index contributed by atoms with van der Waals surface area (Å²) in [5.41, 5.74) is 6.38. The van der Waals surface area contributed by atoms with E-state index in [2.05, 4.69) is 29.4 Å². The van der Waals surface area contributed by atoms with E-state index in [-0.39, 0.29) is 25.5 Å². The summed E-state index contributed by atoms with van der Waals surface area (Å²) in [4.78, 5) is 37.1. The van der Waals surface area contributed by atoms with Gasteiger partial charge in [0.15, 0.2) is 0 Å². The van der Waals surface area contributed by atoms with E-state index < -0.39 is 17.9 Å². The maximum absolute atomic E-state index is 12.2. The molecule has 3 amide bonds. The first-order valence-electron chi connectivity index (χ1n) is 8.05. The van der Waals surface area contributed by atoms with Gasteiger partial charge in [0.05, 0.1) is 12.5 Å². The lowest BCUT2D eigenvalue weighted by Crippen LogP contribution is -2.45. The Morgan fingerprint density at radius 2 is 2.08 bits per heavy atom. The highest BCUT2D eigenvalue weighted by Gasteiger charge is 2.35. The predicted octanol–water partition coefficient (Wildman–Crippen LogP) is 1.94. The molecule has 0 unspecified atom stereocenters. The highest BCUT2D eigenvalue weighted by molar-refractivity contribution is 6.00. The molecule has 0 bridgehead atoms. The Balaban J connectivity index is 1.99. The molecule has 2 N–H and O–H groups in total. The highest BCUT2D eigenvalue weighted by Crippen LogP contribution is 2.27. The van der Waals surface area contributed by atoms with Gasteiger partial charge in [-0.05, 0) is 30.5 Å². The zero-order chi connectivity index (χ0) is 17.7. The van der Waals surface area contributed by atoms with Crippen molar-refractivity contribution in [2.45, 2.75) is 33.1 Å². The number of rotatable bonds is 4. The molecule has 1 fully saturated rings. The molecule has 0 radical (unpaired) electrons. The topological polar surface area (TPSA) is 87.7 Å².